The van der Waals surface area contributed by atoms with E-state index in [2.05, 4.69) is 57.5 Å². The Morgan fingerprint density at radius 2 is 1.89 bits per heavy atom. The zero-order valence-corrected chi connectivity index (χ0v) is 12.2. The summed E-state index contributed by atoms with van der Waals surface area (Å²) >= 11 is 0. The van der Waals surface area contributed by atoms with Crippen molar-refractivity contribution in [3.63, 3.8) is 0 Å². The van der Waals surface area contributed by atoms with Crippen molar-refractivity contribution in [2.24, 2.45) is 4.99 Å². The second kappa shape index (κ2) is 6.34. The summed E-state index contributed by atoms with van der Waals surface area (Å²) in [7, 11) is 1.84. The van der Waals surface area contributed by atoms with Crippen LogP contribution in [0.4, 0.5) is 0 Å². The Morgan fingerprint density at radius 3 is 2.33 bits per heavy atom. The number of rotatable bonds is 4. The summed E-state index contributed by atoms with van der Waals surface area (Å²) in [5.41, 5.74) is 7.34. The molecule has 1 nitrogen and oxygen atoms in total. The van der Waals surface area contributed by atoms with Gasteiger partial charge in [-0.05, 0) is 50.0 Å². The highest BCUT2D eigenvalue weighted by Gasteiger charge is 2.09. The van der Waals surface area contributed by atoms with Crippen LogP contribution in [0, 0.1) is 0 Å². The molecule has 0 aliphatic carbocycles. The summed E-state index contributed by atoms with van der Waals surface area (Å²) in [5.74, 6) is 0. The molecule has 0 spiro atoms. The van der Waals surface area contributed by atoms with Gasteiger partial charge in [0.15, 0.2) is 0 Å². The van der Waals surface area contributed by atoms with E-state index in [0.717, 1.165) is 12.1 Å². The second-order valence-electron chi connectivity index (χ2n) is 4.66. The van der Waals surface area contributed by atoms with Gasteiger partial charge in [0.05, 0.1) is 0 Å². The van der Waals surface area contributed by atoms with Gasteiger partial charge in [-0.15, -0.1) is 0 Å². The van der Waals surface area contributed by atoms with E-state index in [1.54, 1.807) is 0 Å². The van der Waals surface area contributed by atoms with Gasteiger partial charge in [0.2, 0.25) is 0 Å². The van der Waals surface area contributed by atoms with Gasteiger partial charge >= 0.3 is 0 Å². The molecule has 96 valence electrons. The highest BCUT2D eigenvalue weighted by Crippen LogP contribution is 2.25. The highest BCUT2D eigenvalue weighted by molar-refractivity contribution is 6.04. The van der Waals surface area contributed by atoms with Crippen LogP contribution in [-0.4, -0.2) is 12.8 Å². The maximum atomic E-state index is 4.33. The lowest BCUT2D eigenvalue weighted by Gasteiger charge is -2.13. The number of aryl methyl sites for hydroxylation is 1. The normalized spacial score (nSPS) is 11.3. The highest BCUT2D eigenvalue weighted by atomic mass is 14.7. The summed E-state index contributed by atoms with van der Waals surface area (Å²) in [6, 6.07) is 6.62. The van der Waals surface area contributed by atoms with Crippen LogP contribution >= 0.6 is 0 Å². The molecular weight excluding hydrogens is 218 g/mol. The van der Waals surface area contributed by atoms with Crippen molar-refractivity contribution in [2.75, 3.05) is 7.05 Å². The molecule has 0 unspecified atom stereocenters. The first-order chi connectivity index (χ1) is 8.54. The first kappa shape index (κ1) is 14.4. The van der Waals surface area contributed by atoms with E-state index >= 15 is 0 Å². The minimum absolute atomic E-state index is 1.04. The van der Waals surface area contributed by atoms with Gasteiger partial charge in [0.1, 0.15) is 0 Å². The molecule has 0 aliphatic rings. The third-order valence-corrected chi connectivity index (χ3v) is 3.25. The number of nitrogens with zero attached hydrogens (tertiary/aromatic N) is 1. The summed E-state index contributed by atoms with van der Waals surface area (Å²) < 4.78 is 0. The number of aliphatic imine (C=N–C) groups is 1. The molecule has 0 amide bonds. The molecule has 1 aromatic rings. The molecule has 0 saturated heterocycles. The Kier molecular flexibility index (Phi) is 5.08. The molecule has 0 bridgehead atoms. The van der Waals surface area contributed by atoms with Crippen LogP contribution in [0.15, 0.2) is 41.4 Å². The van der Waals surface area contributed by atoms with Gasteiger partial charge < -0.3 is 0 Å². The van der Waals surface area contributed by atoms with E-state index < -0.39 is 0 Å². The van der Waals surface area contributed by atoms with E-state index in [4.69, 9.17) is 0 Å². The maximum Gasteiger partial charge on any atom is 0.0392 e. The average molecular weight is 241 g/mol. The minimum atomic E-state index is 1.04. The molecule has 0 aromatic heterocycles. The first-order valence-corrected chi connectivity index (χ1v) is 6.42. The van der Waals surface area contributed by atoms with Crippen LogP contribution in [0.3, 0.4) is 0 Å². The lowest BCUT2D eigenvalue weighted by atomic mass is 9.92. The van der Waals surface area contributed by atoms with Gasteiger partial charge in [0.25, 0.3) is 0 Å². The Labute approximate surface area is 111 Å². The standard InChI is InChI=1S/C17H23N/c1-7-14-9-10-16(15(8-2)12(3)4)17(11-14)13(5)18-6/h8-11H,2,7H2,1,3-6H3. The Morgan fingerprint density at radius 1 is 1.22 bits per heavy atom. The SMILES string of the molecule is C=CC(=C(C)C)c1ccc(CC)cc1C(C)=NC. The molecule has 0 fully saturated rings. The fourth-order valence-electron chi connectivity index (χ4n) is 2.05. The van der Waals surface area contributed by atoms with Gasteiger partial charge in [0, 0.05) is 18.3 Å². The summed E-state index contributed by atoms with van der Waals surface area (Å²) in [5, 5.41) is 0. The molecule has 0 heterocycles. The van der Waals surface area contributed by atoms with Gasteiger partial charge in [-0.1, -0.05) is 37.3 Å². The quantitative estimate of drug-likeness (QED) is 0.536. The molecule has 1 aromatic carbocycles. The van der Waals surface area contributed by atoms with Gasteiger partial charge in [-0.25, -0.2) is 0 Å². The Hall–Kier alpha value is -1.63. The average Bonchev–Trinajstić information content (AvgIpc) is 2.38. The van der Waals surface area contributed by atoms with Crippen LogP contribution in [0.5, 0.6) is 0 Å². The lowest BCUT2D eigenvalue weighted by molar-refractivity contribution is 1.14. The van der Waals surface area contributed by atoms with E-state index in [9.17, 15) is 0 Å². The predicted molar refractivity (Wildman–Crippen MR) is 82.4 cm³/mol. The third kappa shape index (κ3) is 2.98. The van der Waals surface area contributed by atoms with Crippen LogP contribution in [0.2, 0.25) is 0 Å². The van der Waals surface area contributed by atoms with Crippen molar-refractivity contribution < 1.29 is 0 Å². The number of hydrogen-bond donors (Lipinski definition) is 0. The van der Waals surface area contributed by atoms with E-state index in [1.165, 1.54) is 27.8 Å². The van der Waals surface area contributed by atoms with Gasteiger partial charge in [-0.2, -0.15) is 0 Å². The summed E-state index contributed by atoms with van der Waals surface area (Å²) in [6.07, 6.45) is 2.98. The molecule has 1 rings (SSSR count). The second-order valence-corrected chi connectivity index (χ2v) is 4.66. The fraction of sp³-hybridized carbons (Fsp3) is 0.353. The number of allylic oxidation sites excluding steroid dienone is 3. The zero-order chi connectivity index (χ0) is 13.7. The lowest BCUT2D eigenvalue weighted by Crippen LogP contribution is -2.02. The molecule has 0 atom stereocenters. The van der Waals surface area contributed by atoms with Crippen molar-refractivity contribution in [2.45, 2.75) is 34.1 Å². The van der Waals surface area contributed by atoms with E-state index in [-0.39, 0.29) is 0 Å². The molecule has 1 heteroatoms. The Balaban J connectivity index is 3.54. The Bertz CT molecular complexity index is 500. The molecular formula is C17H23N. The number of hydrogen-bond acceptors (Lipinski definition) is 1. The van der Waals surface area contributed by atoms with Crippen LogP contribution in [0.25, 0.3) is 5.57 Å². The van der Waals surface area contributed by atoms with Crippen molar-refractivity contribution in [3.8, 4) is 0 Å². The first-order valence-electron chi connectivity index (χ1n) is 6.42. The monoisotopic (exact) mass is 241 g/mol. The van der Waals surface area contributed by atoms with Crippen LogP contribution in [-0.2, 0) is 6.42 Å². The van der Waals surface area contributed by atoms with E-state index in [0.29, 0.717) is 0 Å². The molecule has 0 radical (unpaired) electrons. The third-order valence-electron chi connectivity index (χ3n) is 3.25. The van der Waals surface area contributed by atoms with Crippen LogP contribution < -0.4 is 0 Å². The molecule has 0 saturated carbocycles. The van der Waals surface area contributed by atoms with Crippen molar-refractivity contribution in [3.05, 3.63) is 53.1 Å². The predicted octanol–water partition coefficient (Wildman–Crippen LogP) is 4.67. The summed E-state index contributed by atoms with van der Waals surface area (Å²) in [4.78, 5) is 4.33. The smallest absolute Gasteiger partial charge is 0.0392 e. The minimum Gasteiger partial charge on any atom is -0.293 e. The maximum absolute atomic E-state index is 4.33. The number of benzene rings is 1. The fourth-order valence-corrected chi connectivity index (χ4v) is 2.05. The van der Waals surface area contributed by atoms with E-state index in [1.807, 2.05) is 13.1 Å². The zero-order valence-electron chi connectivity index (χ0n) is 12.2. The van der Waals surface area contributed by atoms with Crippen molar-refractivity contribution in [1.82, 2.24) is 0 Å². The van der Waals surface area contributed by atoms with Crippen LogP contribution in [0.1, 0.15) is 44.4 Å². The van der Waals surface area contributed by atoms with Gasteiger partial charge in [-0.3, -0.25) is 4.99 Å². The molecule has 0 aliphatic heterocycles. The van der Waals surface area contributed by atoms with Crippen molar-refractivity contribution in [1.29, 1.82) is 0 Å². The van der Waals surface area contributed by atoms with Crippen molar-refractivity contribution >= 4 is 11.3 Å². The summed E-state index contributed by atoms with van der Waals surface area (Å²) in [6.45, 7) is 12.4. The molecule has 0 N–H and O–H groups in total. The topological polar surface area (TPSA) is 12.4 Å². The largest absolute Gasteiger partial charge is 0.293 e. The molecule has 18 heavy (non-hydrogen) atoms.